The zero-order valence-corrected chi connectivity index (χ0v) is 13.3. The molecule has 114 valence electrons. The quantitative estimate of drug-likeness (QED) is 0.753. The van der Waals surface area contributed by atoms with Crippen LogP contribution in [0.3, 0.4) is 0 Å². The van der Waals surface area contributed by atoms with Gasteiger partial charge in [-0.05, 0) is 33.1 Å². The Morgan fingerprint density at radius 3 is 2.55 bits per heavy atom. The summed E-state index contributed by atoms with van der Waals surface area (Å²) >= 11 is 0. The van der Waals surface area contributed by atoms with Gasteiger partial charge in [-0.15, -0.1) is 0 Å². The molecule has 1 aromatic heterocycles. The molecule has 1 atom stereocenters. The third kappa shape index (κ3) is 6.19. The van der Waals surface area contributed by atoms with E-state index in [9.17, 15) is 0 Å². The van der Waals surface area contributed by atoms with E-state index in [4.69, 9.17) is 9.47 Å². The van der Waals surface area contributed by atoms with Crippen LogP contribution >= 0.6 is 0 Å². The molecule has 1 rings (SSSR count). The van der Waals surface area contributed by atoms with Crippen molar-refractivity contribution in [3.63, 3.8) is 0 Å². The zero-order chi connectivity index (χ0) is 15.0. The summed E-state index contributed by atoms with van der Waals surface area (Å²) in [6.45, 7) is 12.3. The van der Waals surface area contributed by atoms with Crippen LogP contribution in [0.25, 0.3) is 0 Å². The van der Waals surface area contributed by atoms with Crippen molar-refractivity contribution in [2.45, 2.75) is 53.8 Å². The van der Waals surface area contributed by atoms with E-state index in [1.807, 2.05) is 19.9 Å². The standard InChI is InChI=1S/C15H27N3O2/c1-6-16-13-9-15(20-12(5)8-11(3)4)18-14(17-13)10-19-7-2/h9,11-12H,6-8,10H2,1-5H3,(H,16,17,18). The van der Waals surface area contributed by atoms with Crippen molar-refractivity contribution in [2.24, 2.45) is 5.92 Å². The van der Waals surface area contributed by atoms with Gasteiger partial charge in [-0.2, -0.15) is 4.98 Å². The Balaban J connectivity index is 2.79. The second kappa shape index (κ2) is 8.74. The predicted octanol–water partition coefficient (Wildman–Crippen LogP) is 3.26. The summed E-state index contributed by atoms with van der Waals surface area (Å²) in [5.41, 5.74) is 0. The van der Waals surface area contributed by atoms with Gasteiger partial charge in [-0.1, -0.05) is 13.8 Å². The topological polar surface area (TPSA) is 56.3 Å². The van der Waals surface area contributed by atoms with Crippen molar-refractivity contribution in [3.05, 3.63) is 11.9 Å². The lowest BCUT2D eigenvalue weighted by atomic mass is 10.1. The van der Waals surface area contributed by atoms with E-state index >= 15 is 0 Å². The Morgan fingerprint density at radius 1 is 1.20 bits per heavy atom. The molecule has 0 radical (unpaired) electrons. The molecule has 0 amide bonds. The van der Waals surface area contributed by atoms with Gasteiger partial charge in [0.1, 0.15) is 12.4 Å². The van der Waals surface area contributed by atoms with Crippen molar-refractivity contribution >= 4 is 5.82 Å². The van der Waals surface area contributed by atoms with Gasteiger partial charge in [0.2, 0.25) is 5.88 Å². The number of nitrogens with zero attached hydrogens (tertiary/aromatic N) is 2. The largest absolute Gasteiger partial charge is 0.474 e. The van der Waals surface area contributed by atoms with Crippen LogP contribution < -0.4 is 10.1 Å². The van der Waals surface area contributed by atoms with Gasteiger partial charge in [-0.3, -0.25) is 0 Å². The molecule has 0 bridgehead atoms. The van der Waals surface area contributed by atoms with Gasteiger partial charge >= 0.3 is 0 Å². The van der Waals surface area contributed by atoms with Gasteiger partial charge < -0.3 is 14.8 Å². The fourth-order valence-electron chi connectivity index (χ4n) is 1.98. The molecule has 1 unspecified atom stereocenters. The lowest BCUT2D eigenvalue weighted by Crippen LogP contribution is -2.16. The van der Waals surface area contributed by atoms with E-state index in [0.29, 0.717) is 30.8 Å². The van der Waals surface area contributed by atoms with Crippen LogP contribution in [-0.2, 0) is 11.3 Å². The molecular weight excluding hydrogens is 254 g/mol. The fraction of sp³-hybridized carbons (Fsp3) is 0.733. The lowest BCUT2D eigenvalue weighted by molar-refractivity contribution is 0.126. The van der Waals surface area contributed by atoms with Gasteiger partial charge in [0, 0.05) is 19.2 Å². The highest BCUT2D eigenvalue weighted by Crippen LogP contribution is 2.17. The van der Waals surface area contributed by atoms with Crippen LogP contribution in [0.5, 0.6) is 5.88 Å². The molecule has 0 aliphatic rings. The van der Waals surface area contributed by atoms with Gasteiger partial charge in [0.25, 0.3) is 0 Å². The molecule has 0 fully saturated rings. The first kappa shape index (κ1) is 16.7. The first-order chi connectivity index (χ1) is 9.55. The van der Waals surface area contributed by atoms with Gasteiger partial charge in [0.15, 0.2) is 5.82 Å². The molecule has 5 nitrogen and oxygen atoms in total. The number of hydrogen-bond acceptors (Lipinski definition) is 5. The summed E-state index contributed by atoms with van der Waals surface area (Å²) in [5, 5.41) is 3.19. The SMILES string of the molecule is CCNc1cc(OC(C)CC(C)C)nc(COCC)n1. The molecule has 1 aromatic rings. The number of hydrogen-bond donors (Lipinski definition) is 1. The Bertz CT molecular complexity index is 397. The number of ether oxygens (including phenoxy) is 2. The number of aromatic nitrogens is 2. The highest BCUT2D eigenvalue weighted by molar-refractivity contribution is 5.38. The molecule has 0 aliphatic carbocycles. The highest BCUT2D eigenvalue weighted by Gasteiger charge is 2.10. The minimum Gasteiger partial charge on any atom is -0.474 e. The lowest BCUT2D eigenvalue weighted by Gasteiger charge is -2.17. The van der Waals surface area contributed by atoms with E-state index < -0.39 is 0 Å². The summed E-state index contributed by atoms with van der Waals surface area (Å²) < 4.78 is 11.3. The molecule has 1 heterocycles. The maximum absolute atomic E-state index is 5.89. The average molecular weight is 281 g/mol. The second-order valence-corrected chi connectivity index (χ2v) is 5.23. The minimum absolute atomic E-state index is 0.138. The molecule has 0 saturated carbocycles. The van der Waals surface area contributed by atoms with Crippen LogP contribution in [0, 0.1) is 5.92 Å². The summed E-state index contributed by atoms with van der Waals surface area (Å²) in [7, 11) is 0. The van der Waals surface area contributed by atoms with Crippen molar-refractivity contribution in [3.8, 4) is 5.88 Å². The first-order valence-corrected chi connectivity index (χ1v) is 7.41. The van der Waals surface area contributed by atoms with Crippen molar-refractivity contribution in [1.82, 2.24) is 9.97 Å². The van der Waals surface area contributed by atoms with Gasteiger partial charge in [-0.25, -0.2) is 4.98 Å². The molecule has 0 aliphatic heterocycles. The van der Waals surface area contributed by atoms with Crippen molar-refractivity contribution in [1.29, 1.82) is 0 Å². The number of nitrogens with one attached hydrogen (secondary N) is 1. The van der Waals surface area contributed by atoms with Crippen LogP contribution in [-0.4, -0.2) is 29.2 Å². The summed E-state index contributed by atoms with van der Waals surface area (Å²) in [5.74, 6) is 2.64. The van der Waals surface area contributed by atoms with Crippen molar-refractivity contribution < 1.29 is 9.47 Å². The average Bonchev–Trinajstić information content (AvgIpc) is 2.35. The van der Waals surface area contributed by atoms with E-state index in [1.165, 1.54) is 0 Å². The van der Waals surface area contributed by atoms with Crippen LogP contribution in [0.15, 0.2) is 6.07 Å². The van der Waals surface area contributed by atoms with E-state index in [-0.39, 0.29) is 6.10 Å². The Labute approximate surface area is 122 Å². The smallest absolute Gasteiger partial charge is 0.219 e. The summed E-state index contributed by atoms with van der Waals surface area (Å²) in [6, 6.07) is 1.84. The number of rotatable bonds is 9. The molecule has 5 heteroatoms. The first-order valence-electron chi connectivity index (χ1n) is 7.41. The van der Waals surface area contributed by atoms with Crippen molar-refractivity contribution in [2.75, 3.05) is 18.5 Å². The Kier molecular flexibility index (Phi) is 7.30. The zero-order valence-electron chi connectivity index (χ0n) is 13.3. The summed E-state index contributed by atoms with van der Waals surface area (Å²) in [4.78, 5) is 8.80. The molecule has 0 saturated heterocycles. The highest BCUT2D eigenvalue weighted by atomic mass is 16.5. The van der Waals surface area contributed by atoms with Crippen LogP contribution in [0.1, 0.15) is 46.9 Å². The minimum atomic E-state index is 0.138. The molecule has 0 aromatic carbocycles. The maximum atomic E-state index is 5.89. The van der Waals surface area contributed by atoms with E-state index in [2.05, 4.69) is 36.1 Å². The summed E-state index contributed by atoms with van der Waals surface area (Å²) in [6.07, 6.45) is 1.14. The molecular formula is C15H27N3O2. The maximum Gasteiger partial charge on any atom is 0.219 e. The molecule has 0 spiro atoms. The molecule has 20 heavy (non-hydrogen) atoms. The molecule has 1 N–H and O–H groups in total. The normalized spacial score (nSPS) is 12.5. The Morgan fingerprint density at radius 2 is 1.95 bits per heavy atom. The van der Waals surface area contributed by atoms with Crippen LogP contribution in [0.2, 0.25) is 0 Å². The predicted molar refractivity (Wildman–Crippen MR) is 81.1 cm³/mol. The van der Waals surface area contributed by atoms with E-state index in [1.54, 1.807) is 0 Å². The van der Waals surface area contributed by atoms with Gasteiger partial charge in [0.05, 0.1) is 6.10 Å². The second-order valence-electron chi connectivity index (χ2n) is 5.23. The van der Waals surface area contributed by atoms with Crippen LogP contribution in [0.4, 0.5) is 5.82 Å². The van der Waals surface area contributed by atoms with E-state index in [0.717, 1.165) is 18.8 Å². The Hall–Kier alpha value is -1.36. The fourth-order valence-corrected chi connectivity index (χ4v) is 1.98. The third-order valence-electron chi connectivity index (χ3n) is 2.67. The third-order valence-corrected chi connectivity index (χ3v) is 2.67. The monoisotopic (exact) mass is 281 g/mol. The number of anilines is 1.